The van der Waals surface area contributed by atoms with E-state index >= 15 is 0 Å². The standard InChI is InChI=1S/C23H28N4O4/c1-4-26-13-17(22(28)24-19-12-16(30-2)10-11-20(19)31-3)21-18(14-26)23(29)27(25-21)15-8-6-5-7-9-15/h5-12,17-18,21,25H,4,13-14H2,1-3H3,(H,24,28). The van der Waals surface area contributed by atoms with Gasteiger partial charge in [0.1, 0.15) is 11.5 Å². The fourth-order valence-electron chi connectivity index (χ4n) is 4.35. The van der Waals surface area contributed by atoms with Crippen molar-refractivity contribution in [2.75, 3.05) is 44.2 Å². The van der Waals surface area contributed by atoms with Crippen LogP contribution in [-0.2, 0) is 9.59 Å². The van der Waals surface area contributed by atoms with Gasteiger partial charge in [0.25, 0.3) is 0 Å². The highest BCUT2D eigenvalue weighted by atomic mass is 16.5. The van der Waals surface area contributed by atoms with E-state index in [-0.39, 0.29) is 23.8 Å². The lowest BCUT2D eigenvalue weighted by Gasteiger charge is -2.37. The minimum atomic E-state index is -0.410. The van der Waals surface area contributed by atoms with E-state index in [1.165, 1.54) is 0 Å². The molecule has 2 aliphatic heterocycles. The molecule has 2 aromatic rings. The van der Waals surface area contributed by atoms with E-state index in [1.54, 1.807) is 37.4 Å². The first-order chi connectivity index (χ1) is 15.0. The highest BCUT2D eigenvalue weighted by Crippen LogP contribution is 2.34. The molecule has 2 N–H and O–H groups in total. The molecule has 164 valence electrons. The summed E-state index contributed by atoms with van der Waals surface area (Å²) in [5.74, 6) is 0.303. The van der Waals surface area contributed by atoms with Gasteiger partial charge < -0.3 is 19.7 Å². The summed E-state index contributed by atoms with van der Waals surface area (Å²) in [5.41, 5.74) is 4.63. The Kier molecular flexibility index (Phi) is 6.11. The molecular formula is C23H28N4O4. The van der Waals surface area contributed by atoms with Crippen LogP contribution in [-0.4, -0.2) is 56.6 Å². The van der Waals surface area contributed by atoms with Crippen LogP contribution in [0.3, 0.4) is 0 Å². The van der Waals surface area contributed by atoms with E-state index < -0.39 is 5.92 Å². The number of nitrogens with one attached hydrogen (secondary N) is 2. The summed E-state index contributed by atoms with van der Waals surface area (Å²) in [5, 5.41) is 4.58. The zero-order chi connectivity index (χ0) is 22.0. The zero-order valence-electron chi connectivity index (χ0n) is 18.0. The van der Waals surface area contributed by atoms with Crippen LogP contribution >= 0.6 is 0 Å². The summed E-state index contributed by atoms with van der Waals surface area (Å²) < 4.78 is 10.7. The van der Waals surface area contributed by atoms with Crippen LogP contribution in [0.5, 0.6) is 11.5 Å². The molecule has 2 aliphatic rings. The maximum atomic E-state index is 13.4. The van der Waals surface area contributed by atoms with E-state index in [9.17, 15) is 9.59 Å². The number of likely N-dealkylation sites (tertiary alicyclic amines) is 1. The maximum Gasteiger partial charge on any atom is 0.247 e. The predicted octanol–water partition coefficient (Wildman–Crippen LogP) is 2.13. The van der Waals surface area contributed by atoms with E-state index in [1.807, 2.05) is 37.3 Å². The highest BCUT2D eigenvalue weighted by molar-refractivity contribution is 6.00. The summed E-state index contributed by atoms with van der Waals surface area (Å²) in [6.07, 6.45) is 0. The van der Waals surface area contributed by atoms with Gasteiger partial charge >= 0.3 is 0 Å². The van der Waals surface area contributed by atoms with Gasteiger partial charge in [-0.25, -0.2) is 10.4 Å². The number of para-hydroxylation sites is 1. The van der Waals surface area contributed by atoms with E-state index in [4.69, 9.17) is 9.47 Å². The molecule has 2 aromatic carbocycles. The zero-order valence-corrected chi connectivity index (χ0v) is 18.0. The van der Waals surface area contributed by atoms with Crippen molar-refractivity contribution in [3.05, 3.63) is 48.5 Å². The van der Waals surface area contributed by atoms with Crippen LogP contribution in [0, 0.1) is 11.8 Å². The van der Waals surface area contributed by atoms with Gasteiger partial charge in [-0.15, -0.1) is 0 Å². The minimum absolute atomic E-state index is 0.00823. The molecule has 0 aliphatic carbocycles. The number of hydrogen-bond donors (Lipinski definition) is 2. The Labute approximate surface area is 182 Å². The average Bonchev–Trinajstić information content (AvgIpc) is 3.15. The van der Waals surface area contributed by atoms with Crippen LogP contribution in [0.25, 0.3) is 0 Å². The Morgan fingerprint density at radius 1 is 1.13 bits per heavy atom. The Balaban J connectivity index is 1.60. The summed E-state index contributed by atoms with van der Waals surface area (Å²) in [6.45, 7) is 4.01. The molecule has 31 heavy (non-hydrogen) atoms. The number of piperidine rings is 1. The van der Waals surface area contributed by atoms with E-state index in [0.29, 0.717) is 30.3 Å². The Bertz CT molecular complexity index is 952. The fraction of sp³-hybridized carbons (Fsp3) is 0.391. The molecule has 8 heteroatoms. The van der Waals surface area contributed by atoms with Gasteiger partial charge in [0, 0.05) is 19.2 Å². The lowest BCUT2D eigenvalue weighted by Crippen LogP contribution is -2.55. The number of rotatable bonds is 6. The molecule has 0 bridgehead atoms. The third-order valence-electron chi connectivity index (χ3n) is 6.06. The number of ether oxygens (including phenoxy) is 2. The van der Waals surface area contributed by atoms with Gasteiger partial charge in [-0.05, 0) is 30.8 Å². The molecule has 0 radical (unpaired) electrons. The number of amides is 2. The topological polar surface area (TPSA) is 83.1 Å². The van der Waals surface area contributed by atoms with Gasteiger partial charge in [0.05, 0.1) is 43.5 Å². The fourth-order valence-corrected chi connectivity index (χ4v) is 4.35. The van der Waals surface area contributed by atoms with Crippen molar-refractivity contribution in [1.29, 1.82) is 0 Å². The smallest absolute Gasteiger partial charge is 0.247 e. The first-order valence-electron chi connectivity index (χ1n) is 10.5. The maximum absolute atomic E-state index is 13.4. The van der Waals surface area contributed by atoms with E-state index in [0.717, 1.165) is 12.2 Å². The third kappa shape index (κ3) is 4.08. The van der Waals surface area contributed by atoms with Gasteiger partial charge in [-0.1, -0.05) is 25.1 Å². The number of hydrogen-bond acceptors (Lipinski definition) is 6. The summed E-state index contributed by atoms with van der Waals surface area (Å²) in [6, 6.07) is 14.4. The second-order valence-corrected chi connectivity index (χ2v) is 7.78. The van der Waals surface area contributed by atoms with Crippen molar-refractivity contribution in [3.8, 4) is 11.5 Å². The quantitative estimate of drug-likeness (QED) is 0.739. The molecule has 3 atom stereocenters. The van der Waals surface area contributed by atoms with Crippen LogP contribution in [0.1, 0.15) is 6.92 Å². The number of hydrazine groups is 1. The summed E-state index contributed by atoms with van der Waals surface area (Å²) >= 11 is 0. The molecule has 0 saturated carbocycles. The number of methoxy groups -OCH3 is 2. The molecule has 2 amide bonds. The average molecular weight is 425 g/mol. The lowest BCUT2D eigenvalue weighted by atomic mass is 9.84. The molecule has 4 rings (SSSR count). The number of fused-ring (bicyclic) bond motifs is 1. The predicted molar refractivity (Wildman–Crippen MR) is 118 cm³/mol. The monoisotopic (exact) mass is 424 g/mol. The number of carbonyl (C=O) groups is 2. The molecule has 3 unspecified atom stereocenters. The SMILES string of the molecule is CCN1CC(C(=O)Nc2cc(OC)ccc2OC)C2NN(c3ccccc3)C(=O)C2C1. The van der Waals surface area contributed by atoms with Gasteiger partial charge in [0.15, 0.2) is 0 Å². The molecule has 0 aromatic heterocycles. The number of carbonyl (C=O) groups excluding carboxylic acids is 2. The van der Waals surface area contributed by atoms with Crippen molar-refractivity contribution in [3.63, 3.8) is 0 Å². The number of benzene rings is 2. The number of anilines is 2. The van der Waals surface area contributed by atoms with Crippen molar-refractivity contribution in [2.45, 2.75) is 13.0 Å². The third-order valence-corrected chi connectivity index (χ3v) is 6.06. The van der Waals surface area contributed by atoms with Crippen molar-refractivity contribution in [1.82, 2.24) is 10.3 Å². The first-order valence-corrected chi connectivity index (χ1v) is 10.5. The van der Waals surface area contributed by atoms with Crippen molar-refractivity contribution < 1.29 is 19.1 Å². The van der Waals surface area contributed by atoms with Crippen LogP contribution < -0.4 is 25.2 Å². The van der Waals surface area contributed by atoms with Crippen LogP contribution in [0.2, 0.25) is 0 Å². The minimum Gasteiger partial charge on any atom is -0.497 e. The van der Waals surface area contributed by atoms with Gasteiger partial charge in [-0.2, -0.15) is 0 Å². The molecule has 8 nitrogen and oxygen atoms in total. The molecule has 2 saturated heterocycles. The molecule has 0 spiro atoms. The Morgan fingerprint density at radius 3 is 2.58 bits per heavy atom. The van der Waals surface area contributed by atoms with Crippen LogP contribution in [0.4, 0.5) is 11.4 Å². The van der Waals surface area contributed by atoms with Crippen molar-refractivity contribution >= 4 is 23.2 Å². The lowest BCUT2D eigenvalue weighted by molar-refractivity contribution is -0.126. The number of nitrogens with zero attached hydrogens (tertiary/aromatic N) is 2. The second-order valence-electron chi connectivity index (χ2n) is 7.78. The van der Waals surface area contributed by atoms with Crippen molar-refractivity contribution in [2.24, 2.45) is 11.8 Å². The second kappa shape index (κ2) is 8.95. The normalized spacial score (nSPS) is 23.4. The molecular weight excluding hydrogens is 396 g/mol. The Hall–Kier alpha value is -3.10. The Morgan fingerprint density at radius 2 is 1.90 bits per heavy atom. The van der Waals surface area contributed by atoms with Gasteiger partial charge in [-0.3, -0.25) is 9.59 Å². The first kappa shape index (κ1) is 21.1. The van der Waals surface area contributed by atoms with Crippen LogP contribution in [0.15, 0.2) is 48.5 Å². The summed E-state index contributed by atoms with van der Waals surface area (Å²) in [4.78, 5) is 28.7. The molecule has 2 heterocycles. The molecule has 2 fully saturated rings. The largest absolute Gasteiger partial charge is 0.497 e. The highest BCUT2D eigenvalue weighted by Gasteiger charge is 2.50. The van der Waals surface area contributed by atoms with Gasteiger partial charge in [0.2, 0.25) is 11.8 Å². The van der Waals surface area contributed by atoms with E-state index in [2.05, 4.69) is 15.6 Å². The summed E-state index contributed by atoms with van der Waals surface area (Å²) in [7, 11) is 3.13.